The van der Waals surface area contributed by atoms with Crippen LogP contribution in [0.5, 0.6) is 0 Å². The van der Waals surface area contributed by atoms with Gasteiger partial charge in [0.15, 0.2) is 0 Å². The third kappa shape index (κ3) is 5.84. The van der Waals surface area contributed by atoms with E-state index >= 15 is 0 Å². The smallest absolute Gasteiger partial charge is 0.0551 e. The summed E-state index contributed by atoms with van der Waals surface area (Å²) in [5.41, 5.74) is 10.7. The molecule has 27 heavy (non-hydrogen) atoms. The van der Waals surface area contributed by atoms with Gasteiger partial charge >= 0.3 is 0 Å². The van der Waals surface area contributed by atoms with Crippen LogP contribution in [0.3, 0.4) is 0 Å². The molecule has 0 aliphatic rings. The topological polar surface area (TPSA) is 38.0 Å². The minimum Gasteiger partial charge on any atom is -0.356 e. The van der Waals surface area contributed by atoms with Crippen LogP contribution in [0.1, 0.15) is 17.2 Å². The molecule has 0 atom stereocenters. The normalized spacial score (nSPS) is 10.0. The molecular formula is C25H24N2. The van der Waals surface area contributed by atoms with Crippen LogP contribution in [0.2, 0.25) is 0 Å². The fourth-order valence-electron chi connectivity index (χ4n) is 2.72. The number of hydrogen-bond donors (Lipinski definition) is 2. The minimum absolute atomic E-state index is 0.0163. The SMILES string of the molecule is NC(c1ccccc1)c1ccccc1.c1ccc(Nc2ccccc2)cc1. The van der Waals surface area contributed by atoms with Gasteiger partial charge in [0, 0.05) is 11.4 Å². The number of nitrogens with one attached hydrogen (secondary N) is 1. The van der Waals surface area contributed by atoms with Crippen molar-refractivity contribution in [2.24, 2.45) is 5.73 Å². The molecule has 4 aromatic rings. The Morgan fingerprint density at radius 1 is 0.444 bits per heavy atom. The van der Waals surface area contributed by atoms with Gasteiger partial charge in [0.1, 0.15) is 0 Å². The third-order valence-corrected chi connectivity index (χ3v) is 4.15. The van der Waals surface area contributed by atoms with Gasteiger partial charge in [-0.3, -0.25) is 0 Å². The van der Waals surface area contributed by atoms with Gasteiger partial charge < -0.3 is 11.1 Å². The predicted molar refractivity (Wildman–Crippen MR) is 115 cm³/mol. The van der Waals surface area contributed by atoms with Crippen LogP contribution in [-0.2, 0) is 0 Å². The Morgan fingerprint density at radius 2 is 0.741 bits per heavy atom. The van der Waals surface area contributed by atoms with Crippen LogP contribution in [-0.4, -0.2) is 0 Å². The quantitative estimate of drug-likeness (QED) is 0.461. The van der Waals surface area contributed by atoms with Gasteiger partial charge in [-0.2, -0.15) is 0 Å². The highest BCUT2D eigenvalue weighted by Gasteiger charge is 2.06. The van der Waals surface area contributed by atoms with E-state index in [1.807, 2.05) is 97.1 Å². The van der Waals surface area contributed by atoms with Crippen LogP contribution in [0.25, 0.3) is 0 Å². The Hall–Kier alpha value is -3.36. The van der Waals surface area contributed by atoms with E-state index in [0.717, 1.165) is 22.5 Å². The summed E-state index contributed by atoms with van der Waals surface area (Å²) in [6.45, 7) is 0. The molecule has 0 saturated carbocycles. The highest BCUT2D eigenvalue weighted by molar-refractivity contribution is 5.58. The van der Waals surface area contributed by atoms with Crippen molar-refractivity contribution < 1.29 is 0 Å². The lowest BCUT2D eigenvalue weighted by molar-refractivity contribution is 0.871. The van der Waals surface area contributed by atoms with Gasteiger partial charge in [-0.25, -0.2) is 0 Å². The molecule has 0 radical (unpaired) electrons. The van der Waals surface area contributed by atoms with Gasteiger partial charge in [-0.1, -0.05) is 97.1 Å². The molecule has 2 heteroatoms. The fourth-order valence-corrected chi connectivity index (χ4v) is 2.72. The number of benzene rings is 4. The van der Waals surface area contributed by atoms with Gasteiger partial charge in [0.25, 0.3) is 0 Å². The van der Waals surface area contributed by atoms with Crippen molar-refractivity contribution in [2.75, 3.05) is 5.32 Å². The molecule has 0 unspecified atom stereocenters. The summed E-state index contributed by atoms with van der Waals surface area (Å²) in [4.78, 5) is 0. The maximum absolute atomic E-state index is 6.12. The maximum Gasteiger partial charge on any atom is 0.0551 e. The first-order valence-corrected chi connectivity index (χ1v) is 9.05. The zero-order chi connectivity index (χ0) is 18.7. The van der Waals surface area contributed by atoms with Gasteiger partial charge in [-0.15, -0.1) is 0 Å². The molecule has 0 saturated heterocycles. The highest BCUT2D eigenvalue weighted by atomic mass is 14.9. The molecule has 0 aliphatic carbocycles. The van der Waals surface area contributed by atoms with Gasteiger partial charge in [-0.05, 0) is 35.4 Å². The molecule has 0 bridgehead atoms. The summed E-state index contributed by atoms with van der Waals surface area (Å²) < 4.78 is 0. The van der Waals surface area contributed by atoms with E-state index in [9.17, 15) is 0 Å². The standard InChI is InChI=1S/C13H13N.C12H11N/c14-13(11-7-3-1-4-8-11)12-9-5-2-6-10-12;1-3-7-11(8-4-1)13-12-9-5-2-6-10-12/h1-10,13H,14H2;1-10,13H. The average molecular weight is 352 g/mol. The van der Waals surface area contributed by atoms with E-state index < -0.39 is 0 Å². The Balaban J connectivity index is 0.000000156. The Kier molecular flexibility index (Phi) is 6.79. The minimum atomic E-state index is -0.0163. The summed E-state index contributed by atoms with van der Waals surface area (Å²) in [7, 11) is 0. The molecule has 4 rings (SSSR count). The maximum atomic E-state index is 6.12. The van der Waals surface area contributed by atoms with E-state index in [4.69, 9.17) is 5.73 Å². The van der Waals surface area contributed by atoms with Crippen molar-refractivity contribution in [3.63, 3.8) is 0 Å². The molecule has 2 nitrogen and oxygen atoms in total. The molecule has 0 heterocycles. The van der Waals surface area contributed by atoms with Crippen molar-refractivity contribution in [3.8, 4) is 0 Å². The molecule has 134 valence electrons. The Bertz CT molecular complexity index is 815. The van der Waals surface area contributed by atoms with E-state index in [2.05, 4.69) is 29.6 Å². The first-order chi connectivity index (χ1) is 13.3. The summed E-state index contributed by atoms with van der Waals surface area (Å²) in [6.07, 6.45) is 0. The Morgan fingerprint density at radius 3 is 1.07 bits per heavy atom. The molecule has 0 amide bonds. The van der Waals surface area contributed by atoms with Gasteiger partial charge in [0.2, 0.25) is 0 Å². The van der Waals surface area contributed by atoms with Crippen molar-refractivity contribution >= 4 is 11.4 Å². The fraction of sp³-hybridized carbons (Fsp3) is 0.0400. The Labute approximate surface area is 161 Å². The first kappa shape index (κ1) is 18.4. The molecule has 3 N–H and O–H groups in total. The van der Waals surface area contributed by atoms with Crippen molar-refractivity contribution in [3.05, 3.63) is 132 Å². The summed E-state index contributed by atoms with van der Waals surface area (Å²) in [5.74, 6) is 0. The average Bonchev–Trinajstić information content (AvgIpc) is 2.76. The molecule has 0 aromatic heterocycles. The summed E-state index contributed by atoms with van der Waals surface area (Å²) in [5, 5.41) is 3.30. The number of hydrogen-bond acceptors (Lipinski definition) is 2. The second-order valence-electron chi connectivity index (χ2n) is 6.16. The van der Waals surface area contributed by atoms with E-state index in [1.165, 1.54) is 0 Å². The van der Waals surface area contributed by atoms with E-state index in [-0.39, 0.29) is 6.04 Å². The zero-order valence-electron chi connectivity index (χ0n) is 15.2. The van der Waals surface area contributed by atoms with Crippen LogP contribution in [0.15, 0.2) is 121 Å². The largest absolute Gasteiger partial charge is 0.356 e. The monoisotopic (exact) mass is 352 g/mol. The molecule has 0 fully saturated rings. The second kappa shape index (κ2) is 9.95. The highest BCUT2D eigenvalue weighted by Crippen LogP contribution is 2.18. The van der Waals surface area contributed by atoms with Crippen LogP contribution in [0, 0.1) is 0 Å². The number of rotatable bonds is 4. The van der Waals surface area contributed by atoms with Crippen molar-refractivity contribution in [1.29, 1.82) is 0 Å². The lowest BCUT2D eigenvalue weighted by Gasteiger charge is -2.11. The van der Waals surface area contributed by atoms with Crippen LogP contribution < -0.4 is 11.1 Å². The van der Waals surface area contributed by atoms with E-state index in [1.54, 1.807) is 0 Å². The predicted octanol–water partition coefficient (Wildman–Crippen LogP) is 6.16. The summed E-state index contributed by atoms with van der Waals surface area (Å²) in [6, 6.07) is 40.5. The molecule has 0 spiro atoms. The van der Waals surface area contributed by atoms with E-state index in [0.29, 0.717) is 0 Å². The molecule has 4 aromatic carbocycles. The van der Waals surface area contributed by atoms with Gasteiger partial charge in [0.05, 0.1) is 6.04 Å². The van der Waals surface area contributed by atoms with Crippen molar-refractivity contribution in [1.82, 2.24) is 0 Å². The zero-order valence-corrected chi connectivity index (χ0v) is 15.2. The molecule has 0 aliphatic heterocycles. The first-order valence-electron chi connectivity index (χ1n) is 9.05. The second-order valence-corrected chi connectivity index (χ2v) is 6.16. The number of nitrogens with two attached hydrogens (primary N) is 1. The molecular weight excluding hydrogens is 328 g/mol. The third-order valence-electron chi connectivity index (χ3n) is 4.15. The lowest BCUT2D eigenvalue weighted by atomic mass is 10.00. The number of para-hydroxylation sites is 2. The summed E-state index contributed by atoms with van der Waals surface area (Å²) >= 11 is 0. The van der Waals surface area contributed by atoms with Crippen molar-refractivity contribution in [2.45, 2.75) is 6.04 Å². The lowest BCUT2D eigenvalue weighted by Crippen LogP contribution is -2.11. The number of anilines is 2. The van der Waals surface area contributed by atoms with Crippen LogP contribution in [0.4, 0.5) is 11.4 Å². The van der Waals surface area contributed by atoms with Crippen LogP contribution >= 0.6 is 0 Å².